The molecule has 0 aliphatic carbocycles. The van der Waals surface area contributed by atoms with E-state index >= 15 is 0 Å². The molecule has 1 aromatic carbocycles. The summed E-state index contributed by atoms with van der Waals surface area (Å²) in [6.45, 7) is 6.00. The standard InChI is InChI=1S/C15H26N4O/c1-15(2,11-19(3)4)10-17-14(16)18-12-6-8-13(20-5)9-7-12/h6-9H,10-11H2,1-5H3,(H3,16,17,18). The zero-order chi connectivity index (χ0) is 15.2. The number of aliphatic imine (C=N–C) groups is 1. The Labute approximate surface area is 121 Å². The van der Waals surface area contributed by atoms with Crippen LogP contribution in [0.25, 0.3) is 0 Å². The molecule has 1 aromatic rings. The Morgan fingerprint density at radius 1 is 1.30 bits per heavy atom. The normalized spacial score (nSPS) is 12.6. The van der Waals surface area contributed by atoms with Gasteiger partial charge in [-0.15, -0.1) is 0 Å². The second-order valence-electron chi connectivity index (χ2n) is 5.96. The largest absolute Gasteiger partial charge is 0.497 e. The van der Waals surface area contributed by atoms with Crippen molar-refractivity contribution >= 4 is 11.6 Å². The SMILES string of the molecule is COc1ccc(NC(N)=NCC(C)(C)CN(C)C)cc1. The number of benzene rings is 1. The molecule has 0 fully saturated rings. The van der Waals surface area contributed by atoms with E-state index in [4.69, 9.17) is 10.5 Å². The number of nitrogens with zero attached hydrogens (tertiary/aromatic N) is 2. The van der Waals surface area contributed by atoms with Crippen LogP contribution in [0, 0.1) is 5.41 Å². The van der Waals surface area contributed by atoms with Crippen molar-refractivity contribution in [2.75, 3.05) is 39.6 Å². The molecule has 0 radical (unpaired) electrons. The smallest absolute Gasteiger partial charge is 0.193 e. The first-order valence-corrected chi connectivity index (χ1v) is 6.68. The molecule has 0 atom stereocenters. The van der Waals surface area contributed by atoms with Gasteiger partial charge < -0.3 is 20.7 Å². The first kappa shape index (κ1) is 16.3. The topological polar surface area (TPSA) is 62.9 Å². The van der Waals surface area contributed by atoms with Crippen LogP contribution >= 0.6 is 0 Å². The number of guanidine groups is 1. The fourth-order valence-corrected chi connectivity index (χ4v) is 2.07. The van der Waals surface area contributed by atoms with Gasteiger partial charge in [0.25, 0.3) is 0 Å². The number of hydrogen-bond donors (Lipinski definition) is 2. The van der Waals surface area contributed by atoms with E-state index in [0.717, 1.165) is 18.0 Å². The molecule has 0 aliphatic rings. The second kappa shape index (κ2) is 7.14. The van der Waals surface area contributed by atoms with Crippen molar-refractivity contribution in [2.24, 2.45) is 16.1 Å². The fourth-order valence-electron chi connectivity index (χ4n) is 2.07. The molecule has 0 saturated heterocycles. The maximum Gasteiger partial charge on any atom is 0.193 e. The number of ether oxygens (including phenoxy) is 1. The molecular formula is C15H26N4O. The molecule has 5 heteroatoms. The summed E-state index contributed by atoms with van der Waals surface area (Å²) < 4.78 is 5.11. The van der Waals surface area contributed by atoms with E-state index < -0.39 is 0 Å². The molecule has 0 aromatic heterocycles. The third kappa shape index (κ3) is 5.93. The molecule has 3 N–H and O–H groups in total. The maximum absolute atomic E-state index is 5.91. The van der Waals surface area contributed by atoms with Crippen molar-refractivity contribution < 1.29 is 4.74 Å². The Hall–Kier alpha value is -1.75. The molecule has 0 heterocycles. The number of anilines is 1. The highest BCUT2D eigenvalue weighted by Gasteiger charge is 2.18. The van der Waals surface area contributed by atoms with E-state index in [1.54, 1.807) is 7.11 Å². The first-order chi connectivity index (χ1) is 9.32. The lowest BCUT2D eigenvalue weighted by Crippen LogP contribution is -2.32. The van der Waals surface area contributed by atoms with E-state index in [0.29, 0.717) is 12.5 Å². The van der Waals surface area contributed by atoms with Crippen LogP contribution < -0.4 is 15.8 Å². The Bertz CT molecular complexity index is 438. The molecule has 0 aliphatic heterocycles. The molecule has 1 rings (SSSR count). The summed E-state index contributed by atoms with van der Waals surface area (Å²) in [5.41, 5.74) is 6.90. The lowest BCUT2D eigenvalue weighted by atomic mass is 9.93. The van der Waals surface area contributed by atoms with Gasteiger partial charge in [0.2, 0.25) is 0 Å². The van der Waals surface area contributed by atoms with Crippen molar-refractivity contribution in [3.05, 3.63) is 24.3 Å². The lowest BCUT2D eigenvalue weighted by molar-refractivity contribution is 0.249. The zero-order valence-corrected chi connectivity index (χ0v) is 13.1. The summed E-state index contributed by atoms with van der Waals surface area (Å²) in [6.07, 6.45) is 0. The van der Waals surface area contributed by atoms with E-state index in [1.807, 2.05) is 24.3 Å². The maximum atomic E-state index is 5.91. The van der Waals surface area contributed by atoms with Crippen LogP contribution in [-0.2, 0) is 0 Å². The Morgan fingerprint density at radius 3 is 2.40 bits per heavy atom. The third-order valence-corrected chi connectivity index (χ3v) is 2.78. The van der Waals surface area contributed by atoms with Crippen LogP contribution in [0.2, 0.25) is 0 Å². The summed E-state index contributed by atoms with van der Waals surface area (Å²) in [5.74, 6) is 1.25. The Morgan fingerprint density at radius 2 is 1.90 bits per heavy atom. The fraction of sp³-hybridized carbons (Fsp3) is 0.533. The van der Waals surface area contributed by atoms with Crippen LogP contribution in [0.5, 0.6) is 5.75 Å². The summed E-state index contributed by atoms with van der Waals surface area (Å²) in [7, 11) is 5.76. The van der Waals surface area contributed by atoms with Gasteiger partial charge in [0, 0.05) is 18.8 Å². The lowest BCUT2D eigenvalue weighted by Gasteiger charge is -2.26. The van der Waals surface area contributed by atoms with Crippen LogP contribution in [-0.4, -0.2) is 45.2 Å². The monoisotopic (exact) mass is 278 g/mol. The quantitative estimate of drug-likeness (QED) is 0.617. The molecule has 20 heavy (non-hydrogen) atoms. The van der Waals surface area contributed by atoms with Crippen molar-refractivity contribution in [2.45, 2.75) is 13.8 Å². The minimum Gasteiger partial charge on any atom is -0.497 e. The van der Waals surface area contributed by atoms with Gasteiger partial charge >= 0.3 is 0 Å². The predicted octanol–water partition coefficient (Wildman–Crippen LogP) is 2.01. The van der Waals surface area contributed by atoms with Crippen molar-refractivity contribution in [1.29, 1.82) is 0 Å². The number of nitrogens with two attached hydrogens (primary N) is 1. The molecule has 112 valence electrons. The van der Waals surface area contributed by atoms with Crippen molar-refractivity contribution in [3.8, 4) is 5.75 Å². The molecule has 0 unspecified atom stereocenters. The van der Waals surface area contributed by atoms with Gasteiger partial charge in [-0.05, 0) is 43.8 Å². The third-order valence-electron chi connectivity index (χ3n) is 2.78. The first-order valence-electron chi connectivity index (χ1n) is 6.68. The summed E-state index contributed by atoms with van der Waals surface area (Å²) in [5, 5.41) is 3.08. The van der Waals surface area contributed by atoms with Gasteiger partial charge in [-0.1, -0.05) is 13.8 Å². The van der Waals surface area contributed by atoms with Gasteiger partial charge in [0.1, 0.15) is 5.75 Å². The highest BCUT2D eigenvalue weighted by atomic mass is 16.5. The highest BCUT2D eigenvalue weighted by molar-refractivity contribution is 5.92. The second-order valence-corrected chi connectivity index (χ2v) is 5.96. The van der Waals surface area contributed by atoms with Gasteiger partial charge in [-0.3, -0.25) is 4.99 Å². The van der Waals surface area contributed by atoms with Gasteiger partial charge in [0.15, 0.2) is 5.96 Å². The molecule has 0 amide bonds. The minimum atomic E-state index is 0.0930. The summed E-state index contributed by atoms with van der Waals surface area (Å²) >= 11 is 0. The average molecular weight is 278 g/mol. The molecule has 0 saturated carbocycles. The van der Waals surface area contributed by atoms with E-state index in [9.17, 15) is 0 Å². The average Bonchev–Trinajstić information content (AvgIpc) is 2.36. The molecular weight excluding hydrogens is 252 g/mol. The highest BCUT2D eigenvalue weighted by Crippen LogP contribution is 2.17. The van der Waals surface area contributed by atoms with Gasteiger partial charge in [0.05, 0.1) is 7.11 Å². The van der Waals surface area contributed by atoms with Crippen LogP contribution in [0.4, 0.5) is 5.69 Å². The Kier molecular flexibility index (Phi) is 5.82. The van der Waals surface area contributed by atoms with E-state index in [-0.39, 0.29) is 5.41 Å². The number of nitrogens with one attached hydrogen (secondary N) is 1. The Balaban J connectivity index is 2.56. The molecule has 0 bridgehead atoms. The van der Waals surface area contributed by atoms with E-state index in [2.05, 4.69) is 43.2 Å². The van der Waals surface area contributed by atoms with Crippen molar-refractivity contribution in [3.63, 3.8) is 0 Å². The van der Waals surface area contributed by atoms with Crippen molar-refractivity contribution in [1.82, 2.24) is 4.90 Å². The van der Waals surface area contributed by atoms with Gasteiger partial charge in [-0.2, -0.15) is 0 Å². The van der Waals surface area contributed by atoms with Gasteiger partial charge in [-0.25, -0.2) is 0 Å². The number of hydrogen-bond acceptors (Lipinski definition) is 3. The summed E-state index contributed by atoms with van der Waals surface area (Å²) in [6, 6.07) is 7.58. The van der Waals surface area contributed by atoms with E-state index in [1.165, 1.54) is 0 Å². The van der Waals surface area contributed by atoms with Crippen LogP contribution in [0.15, 0.2) is 29.3 Å². The zero-order valence-electron chi connectivity index (χ0n) is 13.1. The minimum absolute atomic E-state index is 0.0930. The predicted molar refractivity (Wildman–Crippen MR) is 85.4 cm³/mol. The molecule has 0 spiro atoms. The molecule has 5 nitrogen and oxygen atoms in total. The summed E-state index contributed by atoms with van der Waals surface area (Å²) in [4.78, 5) is 6.57. The van der Waals surface area contributed by atoms with Crippen LogP contribution in [0.3, 0.4) is 0 Å². The number of rotatable bonds is 6. The van der Waals surface area contributed by atoms with Crippen LogP contribution in [0.1, 0.15) is 13.8 Å². The number of methoxy groups -OCH3 is 1.